The van der Waals surface area contributed by atoms with Crippen molar-refractivity contribution in [1.82, 2.24) is 20.6 Å². The molecule has 2 N–H and O–H groups in total. The number of unbranched alkanes of at least 4 members (excludes halogenated alkanes) is 13. The fourth-order valence-corrected chi connectivity index (χ4v) is 4.08. The van der Waals surface area contributed by atoms with Crippen molar-refractivity contribution in [3.8, 4) is 0 Å². The lowest BCUT2D eigenvalue weighted by molar-refractivity contribution is -0.144. The minimum absolute atomic E-state index is 0.0120. The maximum atomic E-state index is 12.0. The molecule has 8 nitrogen and oxygen atoms in total. The molecule has 33 heavy (non-hydrogen) atoms. The summed E-state index contributed by atoms with van der Waals surface area (Å²) in [6.07, 6.45) is 19.0. The number of Topliss-reactive ketones (excluding diaryl/α,β-unsaturated/α-hetero) is 2. The van der Waals surface area contributed by atoms with Gasteiger partial charge in [-0.25, -0.2) is 0 Å². The predicted octanol–water partition coefficient (Wildman–Crippen LogP) is 5.62. The average molecular weight is 465 g/mol. The third kappa shape index (κ3) is 17.1. The van der Waals surface area contributed by atoms with E-state index in [2.05, 4.69) is 20.6 Å². The topological polar surface area (TPSA) is 126 Å². The van der Waals surface area contributed by atoms with Crippen LogP contribution < -0.4 is 0 Å². The number of hydrogen-bond donors (Lipinski definition) is 2. The van der Waals surface area contributed by atoms with Crippen LogP contribution in [-0.4, -0.2) is 43.3 Å². The Balaban J connectivity index is 1.82. The minimum Gasteiger partial charge on any atom is -0.481 e. The molecular formula is C25H44N4O4. The smallest absolute Gasteiger partial charge is 0.306 e. The predicted molar refractivity (Wildman–Crippen MR) is 128 cm³/mol. The lowest BCUT2D eigenvalue weighted by atomic mass is 9.94. The van der Waals surface area contributed by atoms with Crippen molar-refractivity contribution in [1.29, 1.82) is 0 Å². The van der Waals surface area contributed by atoms with Crippen LogP contribution in [0.3, 0.4) is 0 Å². The van der Waals surface area contributed by atoms with Gasteiger partial charge in [0.25, 0.3) is 0 Å². The molecule has 188 valence electrons. The molecule has 0 spiro atoms. The van der Waals surface area contributed by atoms with Gasteiger partial charge in [0, 0.05) is 25.7 Å². The van der Waals surface area contributed by atoms with Crippen molar-refractivity contribution in [2.75, 3.05) is 0 Å². The molecule has 0 radical (unpaired) electrons. The Kier molecular flexibility index (Phi) is 17.0. The van der Waals surface area contributed by atoms with Crippen LogP contribution in [0.1, 0.15) is 128 Å². The summed E-state index contributed by atoms with van der Waals surface area (Å²) >= 11 is 0. The Hall–Kier alpha value is -2.12. The Labute approximate surface area is 198 Å². The third-order valence-electron chi connectivity index (χ3n) is 6.16. The zero-order valence-electron chi connectivity index (χ0n) is 20.5. The Morgan fingerprint density at radius 1 is 0.788 bits per heavy atom. The van der Waals surface area contributed by atoms with Gasteiger partial charge in [-0.2, -0.15) is 5.21 Å². The van der Waals surface area contributed by atoms with Crippen molar-refractivity contribution in [2.24, 2.45) is 5.92 Å². The van der Waals surface area contributed by atoms with E-state index in [1.165, 1.54) is 71.1 Å². The van der Waals surface area contributed by atoms with Gasteiger partial charge >= 0.3 is 5.97 Å². The summed E-state index contributed by atoms with van der Waals surface area (Å²) in [6, 6.07) is 0. The standard InChI is InChI=1S/C25H44N4O4/c1-21(30)18-19-22(25(32)33)20-23(31)16-14-12-10-8-6-4-2-3-5-7-9-11-13-15-17-24-26-28-29-27-24/h22H,2-20H2,1H3,(H,32,33)(H,26,27,28,29)/t22-/m1/s1. The first-order valence-corrected chi connectivity index (χ1v) is 12.9. The Morgan fingerprint density at radius 2 is 1.30 bits per heavy atom. The number of aliphatic carboxylic acids is 1. The number of carboxylic acids is 1. The molecule has 0 fully saturated rings. The van der Waals surface area contributed by atoms with Gasteiger partial charge in [0.1, 0.15) is 11.6 Å². The molecular weight excluding hydrogens is 420 g/mol. The SMILES string of the molecule is CC(=O)CC[C@H](CC(=O)CCCCCCCCCCCCCCCCc1nn[nH]n1)C(=O)O. The van der Waals surface area contributed by atoms with E-state index >= 15 is 0 Å². The second-order valence-electron chi connectivity index (χ2n) is 9.30. The molecule has 8 heteroatoms. The molecule has 1 rings (SSSR count). The summed E-state index contributed by atoms with van der Waals surface area (Å²) < 4.78 is 0. The molecule has 1 heterocycles. The molecule has 0 amide bonds. The number of nitrogens with one attached hydrogen (secondary N) is 1. The molecule has 0 aliphatic rings. The molecule has 0 aromatic carbocycles. The van der Waals surface area contributed by atoms with E-state index in [4.69, 9.17) is 0 Å². The number of H-pyrrole nitrogens is 1. The van der Waals surface area contributed by atoms with Gasteiger partial charge in [-0.15, -0.1) is 10.2 Å². The van der Waals surface area contributed by atoms with Crippen molar-refractivity contribution in [3.05, 3.63) is 5.82 Å². The highest BCUT2D eigenvalue weighted by molar-refractivity contribution is 5.84. The molecule has 0 saturated heterocycles. The average Bonchev–Trinajstić information content (AvgIpc) is 3.29. The van der Waals surface area contributed by atoms with Gasteiger partial charge < -0.3 is 9.90 Å². The fourth-order valence-electron chi connectivity index (χ4n) is 4.08. The zero-order valence-corrected chi connectivity index (χ0v) is 20.5. The summed E-state index contributed by atoms with van der Waals surface area (Å²) in [7, 11) is 0. The number of carboxylic acid groups (broad SMARTS) is 1. The van der Waals surface area contributed by atoms with Crippen LogP contribution in [0.4, 0.5) is 0 Å². The largest absolute Gasteiger partial charge is 0.481 e. The van der Waals surface area contributed by atoms with Gasteiger partial charge in [-0.3, -0.25) is 9.59 Å². The van der Waals surface area contributed by atoms with Gasteiger partial charge in [0.05, 0.1) is 5.92 Å². The molecule has 0 bridgehead atoms. The number of carbonyl (C=O) groups is 3. The first-order chi connectivity index (χ1) is 16.0. The molecule has 1 atom stereocenters. The number of ketones is 2. The van der Waals surface area contributed by atoms with E-state index in [0.717, 1.165) is 37.9 Å². The number of tetrazole rings is 1. The monoisotopic (exact) mass is 464 g/mol. The second kappa shape index (κ2) is 19.4. The fraction of sp³-hybridized carbons (Fsp3) is 0.840. The normalized spacial score (nSPS) is 12.0. The lowest BCUT2D eigenvalue weighted by Gasteiger charge is -2.10. The highest BCUT2D eigenvalue weighted by Gasteiger charge is 2.21. The summed E-state index contributed by atoms with van der Waals surface area (Å²) in [5.74, 6) is -0.892. The molecule has 0 unspecified atom stereocenters. The van der Waals surface area contributed by atoms with Gasteiger partial charge in [0.15, 0.2) is 5.82 Å². The number of hydrogen-bond acceptors (Lipinski definition) is 6. The summed E-state index contributed by atoms with van der Waals surface area (Å²) in [5, 5.41) is 23.2. The zero-order chi connectivity index (χ0) is 24.2. The number of nitrogens with zero attached hydrogens (tertiary/aromatic N) is 3. The Bertz CT molecular complexity index is 649. The molecule has 1 aromatic rings. The van der Waals surface area contributed by atoms with Gasteiger partial charge in [0.2, 0.25) is 0 Å². The first-order valence-electron chi connectivity index (χ1n) is 12.9. The summed E-state index contributed by atoms with van der Waals surface area (Å²) in [6.45, 7) is 1.45. The maximum absolute atomic E-state index is 12.0. The van der Waals surface area contributed by atoms with Gasteiger partial charge in [-0.1, -0.05) is 82.3 Å². The van der Waals surface area contributed by atoms with E-state index in [1.807, 2.05) is 0 Å². The van der Waals surface area contributed by atoms with Crippen molar-refractivity contribution in [3.63, 3.8) is 0 Å². The highest BCUT2D eigenvalue weighted by Crippen LogP contribution is 2.17. The third-order valence-corrected chi connectivity index (χ3v) is 6.16. The van der Waals surface area contributed by atoms with Crippen LogP contribution in [0.25, 0.3) is 0 Å². The van der Waals surface area contributed by atoms with Gasteiger partial charge in [-0.05, 0) is 26.2 Å². The maximum Gasteiger partial charge on any atom is 0.306 e. The van der Waals surface area contributed by atoms with Crippen molar-refractivity contribution in [2.45, 2.75) is 129 Å². The number of carbonyl (C=O) groups excluding carboxylic acids is 2. The lowest BCUT2D eigenvalue weighted by Crippen LogP contribution is -2.18. The van der Waals surface area contributed by atoms with Crippen molar-refractivity contribution < 1.29 is 19.5 Å². The van der Waals surface area contributed by atoms with E-state index in [9.17, 15) is 19.5 Å². The van der Waals surface area contributed by atoms with Crippen molar-refractivity contribution >= 4 is 17.5 Å². The van der Waals surface area contributed by atoms with E-state index in [0.29, 0.717) is 6.42 Å². The number of rotatable bonds is 23. The van der Waals surface area contributed by atoms with E-state index < -0.39 is 11.9 Å². The quantitative estimate of drug-likeness (QED) is 0.201. The first kappa shape index (κ1) is 28.9. The summed E-state index contributed by atoms with van der Waals surface area (Å²) in [4.78, 5) is 34.3. The molecule has 0 saturated carbocycles. The molecule has 0 aliphatic carbocycles. The number of aromatic amines is 1. The van der Waals surface area contributed by atoms with Crippen LogP contribution in [-0.2, 0) is 20.8 Å². The minimum atomic E-state index is -0.971. The van der Waals surface area contributed by atoms with Crippen LogP contribution in [0.2, 0.25) is 0 Å². The molecule has 1 aromatic heterocycles. The van der Waals surface area contributed by atoms with E-state index in [1.54, 1.807) is 0 Å². The Morgan fingerprint density at radius 3 is 1.76 bits per heavy atom. The van der Waals surface area contributed by atoms with Crippen LogP contribution in [0.15, 0.2) is 0 Å². The van der Waals surface area contributed by atoms with E-state index in [-0.39, 0.29) is 30.8 Å². The highest BCUT2D eigenvalue weighted by atomic mass is 16.4. The van der Waals surface area contributed by atoms with Crippen LogP contribution in [0.5, 0.6) is 0 Å². The number of aromatic nitrogens is 4. The van der Waals surface area contributed by atoms with Crippen LogP contribution >= 0.6 is 0 Å². The van der Waals surface area contributed by atoms with Crippen LogP contribution in [0, 0.1) is 5.92 Å². The summed E-state index contributed by atoms with van der Waals surface area (Å²) in [5.41, 5.74) is 0. The molecule has 0 aliphatic heterocycles. The number of aryl methyl sites for hydroxylation is 1. The second-order valence-corrected chi connectivity index (χ2v) is 9.30.